The second-order valence-electron chi connectivity index (χ2n) is 19.1. The lowest BCUT2D eigenvalue weighted by Crippen LogP contribution is -2.30. The van der Waals surface area contributed by atoms with Gasteiger partial charge in [-0.15, -0.1) is 0 Å². The van der Waals surface area contributed by atoms with Gasteiger partial charge in [0.1, 0.15) is 13.2 Å². The van der Waals surface area contributed by atoms with Gasteiger partial charge in [0.2, 0.25) is 0 Å². The molecule has 400 valence electrons. The third kappa shape index (κ3) is 55.3. The molecular formula is C64H108O6. The van der Waals surface area contributed by atoms with Crippen molar-refractivity contribution in [2.24, 2.45) is 0 Å². The number of carbonyl (C=O) groups excluding carboxylic acids is 3. The van der Waals surface area contributed by atoms with Gasteiger partial charge in [-0.3, -0.25) is 14.4 Å². The van der Waals surface area contributed by atoms with Crippen molar-refractivity contribution in [2.45, 2.75) is 277 Å². The van der Waals surface area contributed by atoms with Crippen LogP contribution in [0.25, 0.3) is 0 Å². The molecule has 0 bridgehead atoms. The van der Waals surface area contributed by atoms with Crippen LogP contribution in [0.4, 0.5) is 0 Å². The van der Waals surface area contributed by atoms with Crippen molar-refractivity contribution in [3.05, 3.63) is 97.2 Å². The summed E-state index contributed by atoms with van der Waals surface area (Å²) in [6.45, 7) is 6.39. The minimum absolute atomic E-state index is 0.0887. The summed E-state index contributed by atoms with van der Waals surface area (Å²) in [6, 6.07) is 0. The number of hydrogen-bond donors (Lipinski definition) is 0. The van der Waals surface area contributed by atoms with Gasteiger partial charge in [-0.25, -0.2) is 0 Å². The molecule has 0 aromatic carbocycles. The molecule has 0 amide bonds. The highest BCUT2D eigenvalue weighted by atomic mass is 16.6. The fourth-order valence-electron chi connectivity index (χ4n) is 8.01. The summed E-state index contributed by atoms with van der Waals surface area (Å²) in [7, 11) is 0. The molecule has 0 saturated heterocycles. The van der Waals surface area contributed by atoms with Crippen LogP contribution in [-0.2, 0) is 28.6 Å². The van der Waals surface area contributed by atoms with Gasteiger partial charge in [0.15, 0.2) is 6.10 Å². The van der Waals surface area contributed by atoms with Gasteiger partial charge < -0.3 is 14.2 Å². The molecule has 0 aliphatic carbocycles. The molecule has 0 aliphatic heterocycles. The quantitative estimate of drug-likeness (QED) is 0.0262. The maximum atomic E-state index is 12.8. The highest BCUT2D eigenvalue weighted by molar-refractivity contribution is 5.71. The molecule has 0 heterocycles. The van der Waals surface area contributed by atoms with Crippen LogP contribution in [0.1, 0.15) is 271 Å². The van der Waals surface area contributed by atoms with E-state index in [1.54, 1.807) is 0 Å². The van der Waals surface area contributed by atoms with Crippen molar-refractivity contribution >= 4 is 17.9 Å². The van der Waals surface area contributed by atoms with Gasteiger partial charge in [-0.2, -0.15) is 0 Å². The molecule has 0 aromatic heterocycles. The van der Waals surface area contributed by atoms with Gasteiger partial charge in [-0.05, 0) is 96.3 Å². The first kappa shape index (κ1) is 66.3. The maximum Gasteiger partial charge on any atom is 0.306 e. The molecule has 0 saturated carbocycles. The van der Waals surface area contributed by atoms with Gasteiger partial charge in [0.25, 0.3) is 0 Å². The summed E-state index contributed by atoms with van der Waals surface area (Å²) in [5, 5.41) is 0. The molecular weight excluding hydrogens is 865 g/mol. The molecule has 0 radical (unpaired) electrons. The monoisotopic (exact) mass is 973 g/mol. The van der Waals surface area contributed by atoms with E-state index in [4.69, 9.17) is 14.2 Å². The fraction of sp³-hybridized carbons (Fsp3) is 0.703. The molecule has 0 aromatic rings. The molecule has 0 spiro atoms. The normalized spacial score (nSPS) is 12.8. The Kier molecular flexibility index (Phi) is 54.9. The van der Waals surface area contributed by atoms with Crippen LogP contribution < -0.4 is 0 Å². The number of rotatable bonds is 52. The summed E-state index contributed by atoms with van der Waals surface area (Å²) in [5.74, 6) is -0.919. The largest absolute Gasteiger partial charge is 0.462 e. The molecule has 1 atom stereocenters. The van der Waals surface area contributed by atoms with Crippen molar-refractivity contribution < 1.29 is 28.6 Å². The maximum absolute atomic E-state index is 12.8. The lowest BCUT2D eigenvalue weighted by atomic mass is 10.0. The Morgan fingerprint density at radius 1 is 0.300 bits per heavy atom. The second-order valence-corrected chi connectivity index (χ2v) is 19.1. The number of esters is 3. The van der Waals surface area contributed by atoms with Crippen LogP contribution in [0.5, 0.6) is 0 Å². The zero-order valence-corrected chi connectivity index (χ0v) is 45.8. The Hall–Kier alpha value is -3.67. The van der Waals surface area contributed by atoms with Crippen LogP contribution >= 0.6 is 0 Å². The standard InChI is InChI=1S/C64H108O6/c1-4-7-10-13-16-19-22-25-27-28-29-30-31-32-33-34-35-36-37-40-42-45-48-51-54-57-63(66)69-60-61(59-68-62(65)56-53-50-47-44-41-38-24-21-18-15-12-9-6-3)70-64(67)58-55-52-49-46-43-39-26-23-20-17-14-11-8-5-2/h7,9-10,12,16,18-19,21,25,27,29-30,32-33,38,41,61H,4-6,8,11,13-15,17,20,22-24,26,28,31,34-37,39-40,42-60H2,1-3H3/b10-7-,12-9-,19-16-,21-18-,27-25-,30-29-,33-32-,41-38-. The van der Waals surface area contributed by atoms with E-state index in [-0.39, 0.29) is 31.1 Å². The van der Waals surface area contributed by atoms with E-state index < -0.39 is 6.10 Å². The molecule has 6 nitrogen and oxygen atoms in total. The van der Waals surface area contributed by atoms with Crippen molar-refractivity contribution in [1.29, 1.82) is 0 Å². The SMILES string of the molecule is CC/C=C\C/C=C\C/C=C\C/C=C\C/C=C\CCCCCCCCCCCC(=O)OCC(COC(=O)CCCCC/C=C\C/C=C\C/C=C\CC)OC(=O)CCCCCCCCCCCCCCCC. The lowest BCUT2D eigenvalue weighted by molar-refractivity contribution is -0.167. The van der Waals surface area contributed by atoms with E-state index in [0.29, 0.717) is 19.3 Å². The van der Waals surface area contributed by atoms with Gasteiger partial charge in [0.05, 0.1) is 0 Å². The van der Waals surface area contributed by atoms with Crippen LogP contribution in [0.3, 0.4) is 0 Å². The minimum atomic E-state index is -0.791. The van der Waals surface area contributed by atoms with E-state index in [9.17, 15) is 14.4 Å². The van der Waals surface area contributed by atoms with Crippen LogP contribution in [0, 0.1) is 0 Å². The molecule has 0 aliphatic rings. The number of allylic oxidation sites excluding steroid dienone is 16. The number of carbonyl (C=O) groups is 3. The summed E-state index contributed by atoms with van der Waals surface area (Å²) >= 11 is 0. The Bertz CT molecular complexity index is 1400. The van der Waals surface area contributed by atoms with Gasteiger partial charge >= 0.3 is 17.9 Å². The van der Waals surface area contributed by atoms with Crippen molar-refractivity contribution in [3.8, 4) is 0 Å². The third-order valence-corrected chi connectivity index (χ3v) is 12.3. The average molecular weight is 974 g/mol. The van der Waals surface area contributed by atoms with E-state index in [0.717, 1.165) is 122 Å². The Morgan fingerprint density at radius 3 is 0.886 bits per heavy atom. The Labute approximate surface area is 432 Å². The predicted octanol–water partition coefficient (Wildman–Crippen LogP) is 19.7. The second kappa shape index (κ2) is 57.9. The third-order valence-electron chi connectivity index (χ3n) is 12.3. The van der Waals surface area contributed by atoms with Crippen molar-refractivity contribution in [2.75, 3.05) is 13.2 Å². The van der Waals surface area contributed by atoms with Crippen molar-refractivity contribution in [3.63, 3.8) is 0 Å². The molecule has 0 N–H and O–H groups in total. The van der Waals surface area contributed by atoms with E-state index in [1.807, 2.05) is 0 Å². The van der Waals surface area contributed by atoms with E-state index in [2.05, 4.69) is 118 Å². The molecule has 1 unspecified atom stereocenters. The summed E-state index contributed by atoms with van der Waals surface area (Å²) in [4.78, 5) is 38.1. The summed E-state index contributed by atoms with van der Waals surface area (Å²) in [6.07, 6.45) is 76.9. The predicted molar refractivity (Wildman–Crippen MR) is 302 cm³/mol. The van der Waals surface area contributed by atoms with E-state index in [1.165, 1.54) is 109 Å². The van der Waals surface area contributed by atoms with Gasteiger partial charge in [0, 0.05) is 19.3 Å². The summed E-state index contributed by atoms with van der Waals surface area (Å²) in [5.41, 5.74) is 0. The molecule has 0 rings (SSSR count). The number of hydrogen-bond acceptors (Lipinski definition) is 6. The van der Waals surface area contributed by atoms with Gasteiger partial charge in [-0.1, -0.05) is 253 Å². The van der Waals surface area contributed by atoms with Crippen LogP contribution in [0.2, 0.25) is 0 Å². The first-order chi connectivity index (χ1) is 34.5. The zero-order valence-electron chi connectivity index (χ0n) is 45.8. The minimum Gasteiger partial charge on any atom is -0.462 e. The topological polar surface area (TPSA) is 78.9 Å². The van der Waals surface area contributed by atoms with E-state index >= 15 is 0 Å². The zero-order chi connectivity index (χ0) is 50.7. The Morgan fingerprint density at radius 2 is 0.557 bits per heavy atom. The molecule has 6 heteroatoms. The van der Waals surface area contributed by atoms with Crippen molar-refractivity contribution in [1.82, 2.24) is 0 Å². The van der Waals surface area contributed by atoms with Crippen LogP contribution in [-0.4, -0.2) is 37.2 Å². The highest BCUT2D eigenvalue weighted by Crippen LogP contribution is 2.16. The smallest absolute Gasteiger partial charge is 0.306 e. The van der Waals surface area contributed by atoms with Crippen LogP contribution in [0.15, 0.2) is 97.2 Å². The Balaban J connectivity index is 4.33. The molecule has 70 heavy (non-hydrogen) atoms. The summed E-state index contributed by atoms with van der Waals surface area (Å²) < 4.78 is 16.8. The number of ether oxygens (including phenoxy) is 3. The fourth-order valence-corrected chi connectivity index (χ4v) is 8.01. The number of unbranched alkanes of at least 4 members (excludes halogenated alkanes) is 25. The average Bonchev–Trinajstić information content (AvgIpc) is 3.36. The lowest BCUT2D eigenvalue weighted by Gasteiger charge is -2.18. The first-order valence-corrected chi connectivity index (χ1v) is 29.2. The first-order valence-electron chi connectivity index (χ1n) is 29.2. The molecule has 0 fully saturated rings. The highest BCUT2D eigenvalue weighted by Gasteiger charge is 2.19.